The van der Waals surface area contributed by atoms with Crippen molar-refractivity contribution in [3.63, 3.8) is 0 Å². The molecule has 3 aliphatic rings. The zero-order chi connectivity index (χ0) is 46.6. The van der Waals surface area contributed by atoms with Gasteiger partial charge >= 0.3 is 0 Å². The second-order valence-electron chi connectivity index (χ2n) is 19.6. The Morgan fingerprint density at radius 2 is 1.08 bits per heavy atom. The van der Waals surface area contributed by atoms with E-state index in [0.29, 0.717) is 54.1 Å². The Labute approximate surface area is 398 Å². The van der Waals surface area contributed by atoms with E-state index >= 15 is 8.78 Å². The van der Waals surface area contributed by atoms with E-state index in [1.165, 1.54) is 141 Å². The molecule has 12 heteroatoms. The van der Waals surface area contributed by atoms with Crippen molar-refractivity contribution in [3.8, 4) is 11.5 Å². The molecule has 370 valence electrons. The van der Waals surface area contributed by atoms with Crippen LogP contribution in [0.3, 0.4) is 0 Å². The number of piperazine rings is 1. The fourth-order valence-corrected chi connectivity index (χ4v) is 12.4. The number of nitrogens with zero attached hydrogens (tertiary/aromatic N) is 5. The first-order valence-electron chi connectivity index (χ1n) is 26.5. The van der Waals surface area contributed by atoms with E-state index in [2.05, 4.69) is 38.4 Å². The second-order valence-corrected chi connectivity index (χ2v) is 21.5. The molecular weight excluding hydrogens is 853 g/mol. The van der Waals surface area contributed by atoms with E-state index in [0.717, 1.165) is 77.0 Å². The minimum Gasteiger partial charge on any atom is -0.497 e. The number of hydrogen-bond acceptors (Lipinski definition) is 9. The number of pyridine rings is 1. The highest BCUT2D eigenvalue weighted by Crippen LogP contribution is 2.40. The average molecular weight is 938 g/mol. The number of likely N-dealkylation sites (tertiary alicyclic amines) is 1. The van der Waals surface area contributed by atoms with Gasteiger partial charge in [-0.2, -0.15) is 0 Å². The summed E-state index contributed by atoms with van der Waals surface area (Å²) in [5, 5.41) is 0.576. The number of ether oxygens (including phenoxy) is 2. The maximum absolute atomic E-state index is 15.9. The zero-order valence-electron chi connectivity index (χ0n) is 41.2. The van der Waals surface area contributed by atoms with Crippen LogP contribution in [-0.4, -0.2) is 113 Å². The molecular formula is C54H85F2N5O4S. The summed E-state index contributed by atoms with van der Waals surface area (Å²) >= 11 is 0. The molecule has 3 aromatic rings. The summed E-state index contributed by atoms with van der Waals surface area (Å²) in [6.07, 6.45) is 31.4. The van der Waals surface area contributed by atoms with Crippen LogP contribution in [0.1, 0.15) is 168 Å². The Bertz CT molecular complexity index is 1960. The minimum absolute atomic E-state index is 0.00636. The standard InChI is InChI=1S/C54H85F2N5O4S/c1-4-6-7-8-9-10-11-12-13-14-15-16-17-18-19-20-21-22-23-24-39-65-47-41-49(55)54(50(56)42-47)66(62,63)52-43-57-51-26-25-46(64-3)40-48(51)53(52)61-33-29-45(30-34-61)60-37-35-59(36-38-60)44-27-31-58(5-2)32-28-44/h25-26,40-45H,4-24,27-39H2,1-3H3. The Morgan fingerprint density at radius 3 is 1.55 bits per heavy atom. The third-order valence-electron chi connectivity index (χ3n) is 15.0. The van der Waals surface area contributed by atoms with Crippen LogP contribution in [-0.2, 0) is 9.84 Å². The molecule has 0 radical (unpaired) electrons. The lowest BCUT2D eigenvalue weighted by molar-refractivity contribution is 0.0384. The normalized spacial score (nSPS) is 17.6. The summed E-state index contributed by atoms with van der Waals surface area (Å²) in [5.74, 6) is -1.79. The van der Waals surface area contributed by atoms with Gasteiger partial charge in [-0.1, -0.05) is 136 Å². The third kappa shape index (κ3) is 15.2. The molecule has 0 saturated carbocycles. The smallest absolute Gasteiger partial charge is 0.216 e. The van der Waals surface area contributed by atoms with Crippen molar-refractivity contribution in [2.75, 3.05) is 77.5 Å². The molecule has 66 heavy (non-hydrogen) atoms. The zero-order valence-corrected chi connectivity index (χ0v) is 42.0. The largest absolute Gasteiger partial charge is 0.497 e. The first kappa shape index (κ1) is 52.3. The number of rotatable bonds is 29. The molecule has 3 fully saturated rings. The fourth-order valence-electron chi connectivity index (χ4n) is 10.8. The van der Waals surface area contributed by atoms with Crippen LogP contribution in [0.25, 0.3) is 10.9 Å². The van der Waals surface area contributed by atoms with E-state index in [1.807, 2.05) is 0 Å². The maximum atomic E-state index is 15.9. The first-order chi connectivity index (χ1) is 32.2. The van der Waals surface area contributed by atoms with Crippen LogP contribution in [0.2, 0.25) is 0 Å². The Morgan fingerprint density at radius 1 is 0.606 bits per heavy atom. The summed E-state index contributed by atoms with van der Waals surface area (Å²) in [4.78, 5) is 13.2. The van der Waals surface area contributed by atoms with Crippen LogP contribution >= 0.6 is 0 Å². The van der Waals surface area contributed by atoms with Gasteiger partial charge in [0.15, 0.2) is 0 Å². The fraction of sp³-hybridized carbons (Fsp3) is 0.722. The summed E-state index contributed by atoms with van der Waals surface area (Å²) < 4.78 is 72.1. The molecule has 0 N–H and O–H groups in total. The van der Waals surface area contributed by atoms with Gasteiger partial charge in [-0.15, -0.1) is 0 Å². The number of piperidine rings is 2. The number of anilines is 1. The quantitative estimate of drug-likeness (QED) is 0.0632. The van der Waals surface area contributed by atoms with Gasteiger partial charge < -0.3 is 19.3 Å². The monoisotopic (exact) mass is 938 g/mol. The van der Waals surface area contributed by atoms with Gasteiger partial charge in [-0.3, -0.25) is 14.8 Å². The van der Waals surface area contributed by atoms with Crippen molar-refractivity contribution in [2.45, 2.75) is 190 Å². The highest BCUT2D eigenvalue weighted by atomic mass is 32.2. The van der Waals surface area contributed by atoms with Crippen LogP contribution < -0.4 is 14.4 Å². The molecule has 0 atom stereocenters. The van der Waals surface area contributed by atoms with Crippen LogP contribution in [0.15, 0.2) is 46.3 Å². The molecule has 0 amide bonds. The first-order valence-corrected chi connectivity index (χ1v) is 28.0. The van der Waals surface area contributed by atoms with Crippen molar-refractivity contribution < 1.29 is 26.7 Å². The molecule has 1 aromatic heterocycles. The Balaban J connectivity index is 0.944. The molecule has 3 saturated heterocycles. The lowest BCUT2D eigenvalue weighted by Crippen LogP contribution is -2.56. The van der Waals surface area contributed by atoms with E-state index in [9.17, 15) is 8.42 Å². The van der Waals surface area contributed by atoms with Gasteiger partial charge in [0.25, 0.3) is 0 Å². The van der Waals surface area contributed by atoms with Crippen molar-refractivity contribution in [1.82, 2.24) is 19.7 Å². The number of unbranched alkanes of at least 4 members (excludes halogenated alkanes) is 19. The van der Waals surface area contributed by atoms with Gasteiger partial charge in [0.2, 0.25) is 9.84 Å². The summed E-state index contributed by atoms with van der Waals surface area (Å²) in [6, 6.07) is 8.42. The van der Waals surface area contributed by atoms with Crippen molar-refractivity contribution in [2.24, 2.45) is 0 Å². The van der Waals surface area contributed by atoms with Crippen LogP contribution in [0, 0.1) is 11.6 Å². The predicted molar refractivity (Wildman–Crippen MR) is 267 cm³/mol. The molecule has 3 aliphatic heterocycles. The average Bonchev–Trinajstić information content (AvgIpc) is 3.33. The predicted octanol–water partition coefficient (Wildman–Crippen LogP) is 12.6. The van der Waals surface area contributed by atoms with Gasteiger partial charge in [0.05, 0.1) is 24.9 Å². The molecule has 0 aliphatic carbocycles. The molecule has 6 rings (SSSR count). The highest BCUT2D eigenvalue weighted by molar-refractivity contribution is 7.91. The number of fused-ring (bicyclic) bond motifs is 1. The summed E-state index contributed by atoms with van der Waals surface area (Å²) in [6.45, 7) is 13.8. The number of hydrogen-bond donors (Lipinski definition) is 0. The number of aromatic nitrogens is 1. The third-order valence-corrected chi connectivity index (χ3v) is 16.8. The summed E-state index contributed by atoms with van der Waals surface area (Å²) in [5.41, 5.74) is 1.00. The highest BCUT2D eigenvalue weighted by Gasteiger charge is 2.36. The van der Waals surface area contributed by atoms with E-state index in [1.54, 1.807) is 25.3 Å². The summed E-state index contributed by atoms with van der Waals surface area (Å²) in [7, 11) is -3.13. The van der Waals surface area contributed by atoms with Crippen LogP contribution in [0.4, 0.5) is 14.5 Å². The van der Waals surface area contributed by atoms with E-state index in [-0.39, 0.29) is 10.6 Å². The molecule has 9 nitrogen and oxygen atoms in total. The second kappa shape index (κ2) is 27.8. The maximum Gasteiger partial charge on any atom is 0.216 e. The number of halogens is 2. The molecule has 4 heterocycles. The number of methoxy groups -OCH3 is 1. The van der Waals surface area contributed by atoms with E-state index in [4.69, 9.17) is 9.47 Å². The minimum atomic E-state index is -4.69. The number of benzene rings is 2. The van der Waals surface area contributed by atoms with Gasteiger partial charge in [-0.05, 0) is 69.9 Å². The lowest BCUT2D eigenvalue weighted by atomic mass is 9.99. The molecule has 2 aromatic carbocycles. The van der Waals surface area contributed by atoms with Crippen LogP contribution in [0.5, 0.6) is 11.5 Å². The lowest BCUT2D eigenvalue weighted by Gasteiger charge is -2.46. The van der Waals surface area contributed by atoms with Gasteiger partial charge in [0, 0.05) is 75.1 Å². The number of sulfone groups is 1. The van der Waals surface area contributed by atoms with Gasteiger partial charge in [-0.25, -0.2) is 17.2 Å². The SMILES string of the molecule is CCCCCCCCCCCCCCCCCCCCCCOc1cc(F)c(S(=O)(=O)c2cnc3ccc(OC)cc3c2N2CCC(N3CCN(C4CCN(CC)CC4)CC3)CC2)c(F)c1. The van der Waals surface area contributed by atoms with Crippen molar-refractivity contribution in [1.29, 1.82) is 0 Å². The topological polar surface area (TPSA) is 78.4 Å². The van der Waals surface area contributed by atoms with E-state index < -0.39 is 26.4 Å². The van der Waals surface area contributed by atoms with Crippen molar-refractivity contribution in [3.05, 3.63) is 48.2 Å². The molecule has 0 spiro atoms. The Hall–Kier alpha value is -3.06. The van der Waals surface area contributed by atoms with Gasteiger partial charge in [0.1, 0.15) is 32.9 Å². The van der Waals surface area contributed by atoms with Crippen molar-refractivity contribution >= 4 is 26.4 Å². The Kier molecular flexibility index (Phi) is 22.0. The molecule has 0 bridgehead atoms. The molecule has 0 unspecified atom stereocenters.